The zero-order chi connectivity index (χ0) is 54.4. The summed E-state index contributed by atoms with van der Waals surface area (Å²) in [4.78, 5) is 13.0. The van der Waals surface area contributed by atoms with Gasteiger partial charge in [-0.3, -0.25) is 4.79 Å². The predicted octanol–water partition coefficient (Wildman–Crippen LogP) is 9.96. The lowest BCUT2D eigenvalue weighted by Crippen LogP contribution is -2.61. The molecule has 2 saturated heterocycles. The standard InChI is InChI=1S/C61H100O14/c1-3-5-7-9-11-13-15-17-19-20-21-22-23-24-25-26-27-28-29-31-33-35-37-39-41-43-45-70-47-50(73-53(63)44-42-40-38-36-34-32-30-18-16-14-12-10-8-6-4-2)48-71-60-59(69)57(67)55(65)52(75-60)49-72-61-58(68)56(66)54(64)51(46-62)74-61/h5-8,11-14,17-19,21-22,24-25,27-28,30,50-52,54-62,64-69H,3-4,9-10,15-16,20,23,26,29,31-49H2,1-2H3/b7-5-,8-6-,13-11-,14-12-,19-17-,22-21-,25-24-,28-27-,30-18-. The van der Waals surface area contributed by atoms with Crippen LogP contribution in [0.2, 0.25) is 0 Å². The van der Waals surface area contributed by atoms with Crippen molar-refractivity contribution in [2.75, 3.05) is 33.0 Å². The Labute approximate surface area is 451 Å². The number of rotatable bonds is 44. The minimum absolute atomic E-state index is 0.0389. The van der Waals surface area contributed by atoms with Crippen molar-refractivity contribution in [3.05, 3.63) is 109 Å². The van der Waals surface area contributed by atoms with E-state index in [-0.39, 0.29) is 19.6 Å². The average Bonchev–Trinajstić information content (AvgIpc) is 3.41. The van der Waals surface area contributed by atoms with Gasteiger partial charge < -0.3 is 64.2 Å². The highest BCUT2D eigenvalue weighted by Crippen LogP contribution is 2.26. The van der Waals surface area contributed by atoms with Crippen LogP contribution in [-0.2, 0) is 33.2 Å². The number of esters is 1. The fraction of sp³-hybridized carbons (Fsp3) is 0.689. The van der Waals surface area contributed by atoms with Gasteiger partial charge >= 0.3 is 5.97 Å². The van der Waals surface area contributed by atoms with Crippen molar-refractivity contribution in [3.8, 4) is 0 Å². The molecule has 7 N–H and O–H groups in total. The number of carbonyl (C=O) groups is 1. The van der Waals surface area contributed by atoms with Crippen molar-refractivity contribution in [3.63, 3.8) is 0 Å². The fourth-order valence-electron chi connectivity index (χ4n) is 8.24. The zero-order valence-electron chi connectivity index (χ0n) is 45.7. The number of ether oxygens (including phenoxy) is 6. The zero-order valence-corrected chi connectivity index (χ0v) is 45.7. The molecule has 0 bridgehead atoms. The molecule has 2 aliphatic heterocycles. The molecule has 14 heteroatoms. The molecule has 2 rings (SSSR count). The summed E-state index contributed by atoms with van der Waals surface area (Å²) in [6, 6.07) is 0. The molecule has 0 aliphatic carbocycles. The lowest BCUT2D eigenvalue weighted by Gasteiger charge is -2.42. The molecule has 0 aromatic heterocycles. The molecule has 428 valence electrons. The van der Waals surface area contributed by atoms with Crippen molar-refractivity contribution in [1.82, 2.24) is 0 Å². The number of hydrogen-bond acceptors (Lipinski definition) is 14. The highest BCUT2D eigenvalue weighted by Gasteiger charge is 2.47. The van der Waals surface area contributed by atoms with Crippen LogP contribution in [0.5, 0.6) is 0 Å². The maximum Gasteiger partial charge on any atom is 0.306 e. The molecule has 11 unspecified atom stereocenters. The van der Waals surface area contributed by atoms with Crippen molar-refractivity contribution in [2.45, 2.75) is 235 Å². The van der Waals surface area contributed by atoms with Gasteiger partial charge in [0.2, 0.25) is 0 Å². The number of hydrogen-bond donors (Lipinski definition) is 7. The summed E-state index contributed by atoms with van der Waals surface area (Å²) in [5.41, 5.74) is 0. The van der Waals surface area contributed by atoms with E-state index in [1.165, 1.54) is 19.3 Å². The number of unbranched alkanes of at least 4 members (excludes halogenated alkanes) is 12. The molecular weight excluding hydrogens is 957 g/mol. The van der Waals surface area contributed by atoms with Crippen LogP contribution in [0, 0.1) is 0 Å². The van der Waals surface area contributed by atoms with Crippen LogP contribution >= 0.6 is 0 Å². The topological polar surface area (TPSA) is 214 Å². The highest BCUT2D eigenvalue weighted by molar-refractivity contribution is 5.69. The molecule has 75 heavy (non-hydrogen) atoms. The molecule has 2 aliphatic rings. The van der Waals surface area contributed by atoms with Gasteiger partial charge in [-0.25, -0.2) is 0 Å². The molecule has 0 aromatic rings. The Bertz CT molecular complexity index is 1650. The monoisotopic (exact) mass is 1060 g/mol. The summed E-state index contributed by atoms with van der Waals surface area (Å²) >= 11 is 0. The maximum absolute atomic E-state index is 13.0. The van der Waals surface area contributed by atoms with E-state index in [0.717, 1.165) is 122 Å². The lowest BCUT2D eigenvalue weighted by molar-refractivity contribution is -0.332. The smallest absolute Gasteiger partial charge is 0.306 e. The maximum atomic E-state index is 13.0. The summed E-state index contributed by atoms with van der Waals surface area (Å²) in [6.07, 6.45) is 47.2. The van der Waals surface area contributed by atoms with E-state index in [0.29, 0.717) is 13.0 Å². The number of allylic oxidation sites excluding steroid dienone is 18. The molecule has 0 saturated carbocycles. The van der Waals surface area contributed by atoms with Crippen molar-refractivity contribution < 1.29 is 69.0 Å². The first-order chi connectivity index (χ1) is 36.6. The Kier molecular flexibility index (Phi) is 42.2. The van der Waals surface area contributed by atoms with E-state index >= 15 is 0 Å². The summed E-state index contributed by atoms with van der Waals surface area (Å²) in [5.74, 6) is -0.402. The third-order valence-electron chi connectivity index (χ3n) is 12.8. The van der Waals surface area contributed by atoms with Gasteiger partial charge in [0.05, 0.1) is 26.4 Å². The molecule has 0 spiro atoms. The molecule has 0 radical (unpaired) electrons. The highest BCUT2D eigenvalue weighted by atomic mass is 16.7. The van der Waals surface area contributed by atoms with E-state index in [4.69, 9.17) is 28.4 Å². The number of aliphatic hydroxyl groups is 7. The van der Waals surface area contributed by atoms with E-state index in [1.54, 1.807) is 0 Å². The Hall–Kier alpha value is -3.35. The van der Waals surface area contributed by atoms with Crippen LogP contribution in [0.4, 0.5) is 0 Å². The van der Waals surface area contributed by atoms with Crippen molar-refractivity contribution in [2.24, 2.45) is 0 Å². The SMILES string of the molecule is CC/C=C\C/C=C\C/C=C\C/C=C\C/C=C\C/C=C\CCCCCCCCCOCC(COC1OC(COC2OC(CO)C(O)C(O)C2O)C(O)C(O)C1O)OC(=O)CCCCCCC/C=C\C/C=C\C/C=C\CC. The summed E-state index contributed by atoms with van der Waals surface area (Å²) in [6.45, 7) is 3.38. The van der Waals surface area contributed by atoms with Crippen LogP contribution < -0.4 is 0 Å². The Morgan fingerprint density at radius 2 is 0.827 bits per heavy atom. The number of carbonyl (C=O) groups excluding carboxylic acids is 1. The minimum Gasteiger partial charge on any atom is -0.457 e. The van der Waals surface area contributed by atoms with Crippen LogP contribution in [0.3, 0.4) is 0 Å². The summed E-state index contributed by atoms with van der Waals surface area (Å²) < 4.78 is 34.3. The Morgan fingerprint density at radius 3 is 1.29 bits per heavy atom. The van der Waals surface area contributed by atoms with Gasteiger partial charge in [-0.05, 0) is 96.3 Å². The molecule has 14 nitrogen and oxygen atoms in total. The van der Waals surface area contributed by atoms with Gasteiger partial charge in [0.15, 0.2) is 12.6 Å². The van der Waals surface area contributed by atoms with E-state index in [9.17, 15) is 40.5 Å². The first kappa shape index (κ1) is 67.8. The van der Waals surface area contributed by atoms with E-state index in [2.05, 4.69) is 123 Å². The van der Waals surface area contributed by atoms with Gasteiger partial charge in [-0.2, -0.15) is 0 Å². The molecule has 11 atom stereocenters. The quantitative estimate of drug-likeness (QED) is 0.0172. The summed E-state index contributed by atoms with van der Waals surface area (Å²) in [5, 5.41) is 72.3. The van der Waals surface area contributed by atoms with Gasteiger partial charge in [0.1, 0.15) is 54.9 Å². The average molecular weight is 1060 g/mol. The van der Waals surface area contributed by atoms with Crippen molar-refractivity contribution >= 4 is 5.97 Å². The normalized spacial score (nSPS) is 25.5. The van der Waals surface area contributed by atoms with E-state index < -0.39 is 86.7 Å². The van der Waals surface area contributed by atoms with Gasteiger partial charge in [0, 0.05) is 13.0 Å². The number of aliphatic hydroxyl groups excluding tert-OH is 7. The lowest BCUT2D eigenvalue weighted by atomic mass is 9.98. The second kappa shape index (κ2) is 46.7. The predicted molar refractivity (Wildman–Crippen MR) is 297 cm³/mol. The first-order valence-corrected chi connectivity index (χ1v) is 28.5. The molecule has 2 fully saturated rings. The van der Waals surface area contributed by atoms with Gasteiger partial charge in [-0.1, -0.05) is 175 Å². The van der Waals surface area contributed by atoms with Crippen LogP contribution in [-0.4, -0.2) is 142 Å². The second-order valence-corrected chi connectivity index (χ2v) is 19.3. The largest absolute Gasteiger partial charge is 0.457 e. The second-order valence-electron chi connectivity index (χ2n) is 19.3. The van der Waals surface area contributed by atoms with Gasteiger partial charge in [-0.15, -0.1) is 0 Å². The Balaban J connectivity index is 1.72. The fourth-order valence-corrected chi connectivity index (χ4v) is 8.24. The molecular formula is C61H100O14. The van der Waals surface area contributed by atoms with Crippen LogP contribution in [0.15, 0.2) is 109 Å². The van der Waals surface area contributed by atoms with Gasteiger partial charge in [0.25, 0.3) is 0 Å². The molecule has 2 heterocycles. The molecule has 0 amide bonds. The minimum atomic E-state index is -1.72. The summed E-state index contributed by atoms with van der Waals surface area (Å²) in [7, 11) is 0. The van der Waals surface area contributed by atoms with Crippen molar-refractivity contribution in [1.29, 1.82) is 0 Å². The third kappa shape index (κ3) is 33.5. The molecule has 0 aromatic carbocycles. The van der Waals surface area contributed by atoms with E-state index in [1.807, 2.05) is 0 Å². The first-order valence-electron chi connectivity index (χ1n) is 28.5. The Morgan fingerprint density at radius 1 is 0.440 bits per heavy atom. The third-order valence-corrected chi connectivity index (χ3v) is 12.8. The van der Waals surface area contributed by atoms with Crippen LogP contribution in [0.1, 0.15) is 168 Å². The van der Waals surface area contributed by atoms with Crippen LogP contribution in [0.25, 0.3) is 0 Å².